The average molecular weight is 262 g/mol. The van der Waals surface area contributed by atoms with E-state index in [2.05, 4.69) is 37.4 Å². The van der Waals surface area contributed by atoms with E-state index in [1.54, 1.807) is 0 Å². The van der Waals surface area contributed by atoms with Crippen LogP contribution in [0.15, 0.2) is 18.2 Å². The standard InChI is InChI=1S/C15H22N2S/c1-10-7-8-14(13(9-10)15(16)18)17-11(2)12-5-3-4-6-12/h7-9,11-12,17H,3-6H2,1-2H3,(H2,16,18). The number of benzene rings is 1. The van der Waals surface area contributed by atoms with Gasteiger partial charge in [-0.3, -0.25) is 0 Å². The molecule has 2 nitrogen and oxygen atoms in total. The first-order valence-electron chi connectivity index (χ1n) is 6.75. The predicted octanol–water partition coefficient (Wildman–Crippen LogP) is 3.62. The van der Waals surface area contributed by atoms with Gasteiger partial charge in [0, 0.05) is 17.3 Å². The van der Waals surface area contributed by atoms with E-state index in [9.17, 15) is 0 Å². The molecule has 2 rings (SSSR count). The van der Waals surface area contributed by atoms with Gasteiger partial charge in [-0.05, 0) is 44.7 Å². The molecule has 0 aromatic heterocycles. The summed E-state index contributed by atoms with van der Waals surface area (Å²) in [4.78, 5) is 0.472. The van der Waals surface area contributed by atoms with Crippen LogP contribution in [0.4, 0.5) is 5.69 Å². The molecule has 0 radical (unpaired) electrons. The van der Waals surface area contributed by atoms with Crippen molar-refractivity contribution in [2.24, 2.45) is 11.7 Å². The molecule has 1 aromatic rings. The summed E-state index contributed by atoms with van der Waals surface area (Å²) in [7, 11) is 0. The molecule has 0 spiro atoms. The molecule has 0 heterocycles. The van der Waals surface area contributed by atoms with Crippen molar-refractivity contribution in [2.45, 2.75) is 45.6 Å². The fourth-order valence-corrected chi connectivity index (χ4v) is 2.98. The van der Waals surface area contributed by atoms with Gasteiger partial charge in [0.25, 0.3) is 0 Å². The van der Waals surface area contributed by atoms with E-state index >= 15 is 0 Å². The minimum absolute atomic E-state index is 0.472. The summed E-state index contributed by atoms with van der Waals surface area (Å²) in [6.45, 7) is 4.32. The van der Waals surface area contributed by atoms with Crippen LogP contribution in [-0.4, -0.2) is 11.0 Å². The van der Waals surface area contributed by atoms with Crippen LogP contribution in [0.1, 0.15) is 43.7 Å². The lowest BCUT2D eigenvalue weighted by atomic mass is 9.98. The second kappa shape index (κ2) is 5.70. The van der Waals surface area contributed by atoms with Crippen molar-refractivity contribution in [3.8, 4) is 0 Å². The number of nitrogens with one attached hydrogen (secondary N) is 1. The Balaban J connectivity index is 2.15. The van der Waals surface area contributed by atoms with Gasteiger partial charge in [0.2, 0.25) is 0 Å². The van der Waals surface area contributed by atoms with E-state index in [4.69, 9.17) is 18.0 Å². The first-order chi connectivity index (χ1) is 8.58. The van der Waals surface area contributed by atoms with Crippen molar-refractivity contribution in [3.63, 3.8) is 0 Å². The smallest absolute Gasteiger partial charge is 0.106 e. The van der Waals surface area contributed by atoms with Crippen LogP contribution in [0.3, 0.4) is 0 Å². The molecule has 0 bridgehead atoms. The van der Waals surface area contributed by atoms with Crippen LogP contribution in [-0.2, 0) is 0 Å². The molecule has 1 aliphatic rings. The maximum atomic E-state index is 5.80. The third-order valence-corrected chi connectivity index (χ3v) is 4.15. The van der Waals surface area contributed by atoms with E-state index in [0.29, 0.717) is 11.0 Å². The van der Waals surface area contributed by atoms with Gasteiger partial charge in [0.15, 0.2) is 0 Å². The average Bonchev–Trinajstić information content (AvgIpc) is 2.84. The number of thiocarbonyl (C=S) groups is 1. The predicted molar refractivity (Wildman–Crippen MR) is 82.1 cm³/mol. The van der Waals surface area contributed by atoms with Crippen molar-refractivity contribution in [1.82, 2.24) is 0 Å². The summed E-state index contributed by atoms with van der Waals surface area (Å²) in [5.74, 6) is 0.783. The molecule has 18 heavy (non-hydrogen) atoms. The highest BCUT2D eigenvalue weighted by atomic mass is 32.1. The Hall–Kier alpha value is -1.09. The zero-order chi connectivity index (χ0) is 13.1. The molecular weight excluding hydrogens is 240 g/mol. The summed E-state index contributed by atoms with van der Waals surface area (Å²) in [5.41, 5.74) is 9.04. The highest BCUT2D eigenvalue weighted by Gasteiger charge is 2.22. The number of rotatable bonds is 4. The molecule has 1 unspecified atom stereocenters. The van der Waals surface area contributed by atoms with Crippen LogP contribution in [0.2, 0.25) is 0 Å². The summed E-state index contributed by atoms with van der Waals surface area (Å²) < 4.78 is 0. The third kappa shape index (κ3) is 3.02. The van der Waals surface area contributed by atoms with Gasteiger partial charge < -0.3 is 11.1 Å². The lowest BCUT2D eigenvalue weighted by Crippen LogP contribution is -2.25. The topological polar surface area (TPSA) is 38.0 Å². The number of hydrogen-bond acceptors (Lipinski definition) is 2. The van der Waals surface area contributed by atoms with E-state index in [0.717, 1.165) is 17.2 Å². The Labute approximate surface area is 115 Å². The first-order valence-corrected chi connectivity index (χ1v) is 7.15. The van der Waals surface area contributed by atoms with Crippen LogP contribution in [0.25, 0.3) is 0 Å². The quantitative estimate of drug-likeness (QED) is 0.814. The molecule has 1 atom stereocenters. The minimum atomic E-state index is 0.472. The molecule has 1 aliphatic carbocycles. The first kappa shape index (κ1) is 13.3. The minimum Gasteiger partial charge on any atom is -0.389 e. The fraction of sp³-hybridized carbons (Fsp3) is 0.533. The molecule has 3 N–H and O–H groups in total. The van der Waals surface area contributed by atoms with E-state index in [1.165, 1.54) is 31.2 Å². The SMILES string of the molecule is Cc1ccc(NC(C)C2CCCC2)c(C(N)=S)c1. The molecule has 0 aliphatic heterocycles. The summed E-state index contributed by atoms with van der Waals surface area (Å²) in [6, 6.07) is 6.75. The van der Waals surface area contributed by atoms with Gasteiger partial charge in [0.05, 0.1) is 0 Å². The van der Waals surface area contributed by atoms with Crippen molar-refractivity contribution in [1.29, 1.82) is 0 Å². The highest BCUT2D eigenvalue weighted by molar-refractivity contribution is 7.80. The Morgan fingerprint density at radius 3 is 2.67 bits per heavy atom. The van der Waals surface area contributed by atoms with Crippen LogP contribution in [0.5, 0.6) is 0 Å². The van der Waals surface area contributed by atoms with Gasteiger partial charge in [-0.1, -0.05) is 36.7 Å². The Bertz CT molecular complexity index is 436. The second-order valence-electron chi connectivity index (χ2n) is 5.39. The lowest BCUT2D eigenvalue weighted by Gasteiger charge is -2.23. The summed E-state index contributed by atoms with van der Waals surface area (Å²) in [6.07, 6.45) is 5.41. The molecular formula is C15H22N2S. The van der Waals surface area contributed by atoms with Gasteiger partial charge >= 0.3 is 0 Å². The second-order valence-corrected chi connectivity index (χ2v) is 5.83. The van der Waals surface area contributed by atoms with Crippen molar-refractivity contribution < 1.29 is 0 Å². The Morgan fingerprint density at radius 2 is 2.06 bits per heavy atom. The molecule has 1 fully saturated rings. The Kier molecular flexibility index (Phi) is 4.23. The maximum absolute atomic E-state index is 5.80. The zero-order valence-corrected chi connectivity index (χ0v) is 12.0. The molecule has 0 saturated heterocycles. The van der Waals surface area contributed by atoms with Gasteiger partial charge in [0.1, 0.15) is 4.99 Å². The number of aryl methyl sites for hydroxylation is 1. The van der Waals surface area contributed by atoms with Gasteiger partial charge in [-0.2, -0.15) is 0 Å². The maximum Gasteiger partial charge on any atom is 0.106 e. The van der Waals surface area contributed by atoms with E-state index in [-0.39, 0.29) is 0 Å². The molecule has 0 amide bonds. The number of nitrogens with two attached hydrogens (primary N) is 1. The van der Waals surface area contributed by atoms with E-state index in [1.807, 2.05) is 0 Å². The Morgan fingerprint density at radius 1 is 1.39 bits per heavy atom. The van der Waals surface area contributed by atoms with Crippen molar-refractivity contribution in [3.05, 3.63) is 29.3 Å². The van der Waals surface area contributed by atoms with Crippen molar-refractivity contribution >= 4 is 22.9 Å². The van der Waals surface area contributed by atoms with Gasteiger partial charge in [-0.25, -0.2) is 0 Å². The third-order valence-electron chi connectivity index (χ3n) is 3.93. The monoisotopic (exact) mass is 262 g/mol. The van der Waals surface area contributed by atoms with Crippen LogP contribution < -0.4 is 11.1 Å². The fourth-order valence-electron chi connectivity index (χ4n) is 2.81. The molecule has 98 valence electrons. The van der Waals surface area contributed by atoms with Crippen molar-refractivity contribution in [2.75, 3.05) is 5.32 Å². The van der Waals surface area contributed by atoms with Gasteiger partial charge in [-0.15, -0.1) is 0 Å². The molecule has 1 aromatic carbocycles. The lowest BCUT2D eigenvalue weighted by molar-refractivity contribution is 0.482. The summed E-state index contributed by atoms with van der Waals surface area (Å²) in [5, 5.41) is 3.59. The number of anilines is 1. The molecule has 1 saturated carbocycles. The highest BCUT2D eigenvalue weighted by Crippen LogP contribution is 2.30. The van der Waals surface area contributed by atoms with E-state index < -0.39 is 0 Å². The van der Waals surface area contributed by atoms with Crippen LogP contribution >= 0.6 is 12.2 Å². The summed E-state index contributed by atoms with van der Waals surface area (Å²) >= 11 is 5.13. The largest absolute Gasteiger partial charge is 0.389 e. The number of hydrogen-bond donors (Lipinski definition) is 2. The molecule has 3 heteroatoms. The normalized spacial score (nSPS) is 17.7. The van der Waals surface area contributed by atoms with Crippen LogP contribution in [0, 0.1) is 12.8 Å². The zero-order valence-electron chi connectivity index (χ0n) is 11.2.